The first-order valence-electron chi connectivity index (χ1n) is 8.34. The van der Waals surface area contributed by atoms with E-state index in [1.165, 1.54) is 0 Å². The quantitative estimate of drug-likeness (QED) is 0.869. The van der Waals surface area contributed by atoms with Gasteiger partial charge in [-0.1, -0.05) is 12.1 Å². The number of carbonyl (C=O) groups excluding carboxylic acids is 1. The maximum atomic E-state index is 12.6. The summed E-state index contributed by atoms with van der Waals surface area (Å²) in [6, 6.07) is 9.35. The molecular formula is C18H23N3O4. The van der Waals surface area contributed by atoms with Gasteiger partial charge in [-0.3, -0.25) is 9.89 Å². The van der Waals surface area contributed by atoms with E-state index < -0.39 is 0 Å². The Labute approximate surface area is 146 Å². The van der Waals surface area contributed by atoms with E-state index in [2.05, 4.69) is 10.2 Å². The molecule has 0 unspecified atom stereocenters. The van der Waals surface area contributed by atoms with Gasteiger partial charge >= 0.3 is 0 Å². The van der Waals surface area contributed by atoms with Gasteiger partial charge in [-0.15, -0.1) is 0 Å². The van der Waals surface area contributed by atoms with E-state index >= 15 is 0 Å². The second-order valence-electron chi connectivity index (χ2n) is 5.98. The zero-order chi connectivity index (χ0) is 17.6. The molecular weight excluding hydrogens is 322 g/mol. The van der Waals surface area contributed by atoms with Crippen molar-refractivity contribution in [2.24, 2.45) is 0 Å². The largest absolute Gasteiger partial charge is 0.493 e. The number of hydrogen-bond acceptors (Lipinski definition) is 5. The van der Waals surface area contributed by atoms with Crippen molar-refractivity contribution in [2.75, 3.05) is 27.4 Å². The SMILES string of the molecule is COc1ccccc1OCc1cc(C(=O)N(C)C2CCOCC2)n[nH]1. The average molecular weight is 345 g/mol. The van der Waals surface area contributed by atoms with Crippen molar-refractivity contribution in [3.8, 4) is 11.5 Å². The topological polar surface area (TPSA) is 76.7 Å². The molecule has 1 aromatic heterocycles. The van der Waals surface area contributed by atoms with Gasteiger partial charge in [0.25, 0.3) is 5.91 Å². The molecule has 1 fully saturated rings. The minimum atomic E-state index is -0.0910. The number of benzene rings is 1. The number of hydrogen-bond donors (Lipinski definition) is 1. The van der Waals surface area contributed by atoms with E-state index in [1.807, 2.05) is 31.3 Å². The Kier molecular flexibility index (Phi) is 5.55. The highest BCUT2D eigenvalue weighted by molar-refractivity contribution is 5.92. The summed E-state index contributed by atoms with van der Waals surface area (Å²) in [4.78, 5) is 14.3. The summed E-state index contributed by atoms with van der Waals surface area (Å²) in [6.07, 6.45) is 1.72. The first-order chi connectivity index (χ1) is 12.2. The number of aromatic amines is 1. The fourth-order valence-corrected chi connectivity index (χ4v) is 2.86. The highest BCUT2D eigenvalue weighted by Crippen LogP contribution is 2.26. The molecule has 1 aromatic carbocycles. The molecule has 1 N–H and O–H groups in total. The Morgan fingerprint density at radius 2 is 2.04 bits per heavy atom. The van der Waals surface area contributed by atoms with Crippen molar-refractivity contribution < 1.29 is 19.0 Å². The van der Waals surface area contributed by atoms with Crippen molar-refractivity contribution >= 4 is 5.91 Å². The molecule has 1 saturated heterocycles. The van der Waals surface area contributed by atoms with Gasteiger partial charge in [-0.05, 0) is 31.0 Å². The van der Waals surface area contributed by atoms with Crippen LogP contribution < -0.4 is 9.47 Å². The van der Waals surface area contributed by atoms with Crippen LogP contribution in [-0.4, -0.2) is 54.4 Å². The Hall–Kier alpha value is -2.54. The van der Waals surface area contributed by atoms with E-state index in [9.17, 15) is 4.79 Å². The number of ether oxygens (including phenoxy) is 3. The molecule has 0 bridgehead atoms. The third-order valence-corrected chi connectivity index (χ3v) is 4.36. The highest BCUT2D eigenvalue weighted by Gasteiger charge is 2.24. The van der Waals surface area contributed by atoms with E-state index in [4.69, 9.17) is 14.2 Å². The van der Waals surface area contributed by atoms with Gasteiger partial charge in [0.15, 0.2) is 17.2 Å². The first-order valence-corrected chi connectivity index (χ1v) is 8.34. The lowest BCUT2D eigenvalue weighted by molar-refractivity contribution is 0.0359. The first kappa shape index (κ1) is 17.3. The number of carbonyl (C=O) groups is 1. The van der Waals surface area contributed by atoms with Gasteiger partial charge in [0.05, 0.1) is 12.8 Å². The minimum Gasteiger partial charge on any atom is -0.493 e. The van der Waals surface area contributed by atoms with E-state index in [1.54, 1.807) is 18.1 Å². The predicted octanol–water partition coefficient (Wildman–Crippen LogP) is 2.25. The van der Waals surface area contributed by atoms with Gasteiger partial charge in [0.2, 0.25) is 0 Å². The number of rotatable bonds is 6. The normalized spacial score (nSPS) is 15.0. The smallest absolute Gasteiger partial charge is 0.274 e. The standard InChI is InChI=1S/C18H23N3O4/c1-21(14-7-9-24-10-8-14)18(22)15-11-13(19-20-15)12-25-17-6-4-3-5-16(17)23-2/h3-6,11,14H,7-10,12H2,1-2H3,(H,19,20). The molecule has 0 atom stereocenters. The summed E-state index contributed by atoms with van der Waals surface area (Å²) < 4.78 is 16.3. The molecule has 0 spiro atoms. The fraction of sp³-hybridized carbons (Fsp3) is 0.444. The van der Waals surface area contributed by atoms with Crippen molar-refractivity contribution in [1.82, 2.24) is 15.1 Å². The third-order valence-electron chi connectivity index (χ3n) is 4.36. The van der Waals surface area contributed by atoms with Crippen molar-refractivity contribution in [1.29, 1.82) is 0 Å². The van der Waals surface area contributed by atoms with Crippen LogP contribution in [0.4, 0.5) is 0 Å². The molecule has 0 aliphatic carbocycles. The Bertz CT molecular complexity index is 710. The lowest BCUT2D eigenvalue weighted by Gasteiger charge is -2.30. The van der Waals surface area contributed by atoms with Crippen molar-refractivity contribution in [2.45, 2.75) is 25.5 Å². The Balaban J connectivity index is 1.60. The predicted molar refractivity (Wildman–Crippen MR) is 91.8 cm³/mol. The molecule has 2 heterocycles. The van der Waals surface area contributed by atoms with Gasteiger partial charge < -0.3 is 19.1 Å². The zero-order valence-corrected chi connectivity index (χ0v) is 14.5. The van der Waals surface area contributed by atoms with E-state index in [-0.39, 0.29) is 18.6 Å². The highest BCUT2D eigenvalue weighted by atomic mass is 16.5. The van der Waals surface area contributed by atoms with Crippen LogP contribution in [0.15, 0.2) is 30.3 Å². The molecule has 7 heteroatoms. The summed E-state index contributed by atoms with van der Waals surface area (Å²) in [5, 5.41) is 6.99. The van der Waals surface area contributed by atoms with Crippen molar-refractivity contribution in [3.05, 3.63) is 41.7 Å². The number of methoxy groups -OCH3 is 1. The molecule has 25 heavy (non-hydrogen) atoms. The lowest BCUT2D eigenvalue weighted by atomic mass is 10.1. The van der Waals surface area contributed by atoms with Crippen LogP contribution in [0.1, 0.15) is 29.0 Å². The second-order valence-corrected chi connectivity index (χ2v) is 5.98. The van der Waals surface area contributed by atoms with Crippen LogP contribution in [0.25, 0.3) is 0 Å². The van der Waals surface area contributed by atoms with Crippen LogP contribution in [0.3, 0.4) is 0 Å². The lowest BCUT2D eigenvalue weighted by Crippen LogP contribution is -2.40. The number of nitrogens with one attached hydrogen (secondary N) is 1. The summed E-state index contributed by atoms with van der Waals surface area (Å²) in [7, 11) is 3.42. The molecule has 1 aliphatic rings. The summed E-state index contributed by atoms with van der Waals surface area (Å²) >= 11 is 0. The average Bonchev–Trinajstić information content (AvgIpc) is 3.15. The molecule has 7 nitrogen and oxygen atoms in total. The van der Waals surface area contributed by atoms with Crippen LogP contribution in [-0.2, 0) is 11.3 Å². The monoisotopic (exact) mass is 345 g/mol. The number of nitrogens with zero attached hydrogens (tertiary/aromatic N) is 2. The molecule has 1 aliphatic heterocycles. The molecule has 2 aromatic rings. The second kappa shape index (κ2) is 8.02. The minimum absolute atomic E-state index is 0.0910. The number of H-pyrrole nitrogens is 1. The van der Waals surface area contributed by atoms with Crippen LogP contribution in [0, 0.1) is 0 Å². The molecule has 1 amide bonds. The summed E-state index contributed by atoms with van der Waals surface area (Å²) in [5.41, 5.74) is 1.13. The Morgan fingerprint density at radius 1 is 1.32 bits per heavy atom. The van der Waals surface area contributed by atoms with Gasteiger partial charge in [-0.25, -0.2) is 0 Å². The number of aromatic nitrogens is 2. The van der Waals surface area contributed by atoms with Gasteiger partial charge in [-0.2, -0.15) is 5.10 Å². The van der Waals surface area contributed by atoms with E-state index in [0.717, 1.165) is 18.5 Å². The molecule has 3 rings (SSSR count). The van der Waals surface area contributed by atoms with E-state index in [0.29, 0.717) is 30.4 Å². The summed E-state index contributed by atoms with van der Waals surface area (Å²) in [5.74, 6) is 1.22. The maximum absolute atomic E-state index is 12.6. The van der Waals surface area contributed by atoms with Crippen molar-refractivity contribution in [3.63, 3.8) is 0 Å². The van der Waals surface area contributed by atoms with Gasteiger partial charge in [0, 0.05) is 26.3 Å². The Morgan fingerprint density at radius 3 is 2.76 bits per heavy atom. The molecule has 0 radical (unpaired) electrons. The maximum Gasteiger partial charge on any atom is 0.274 e. The summed E-state index contributed by atoms with van der Waals surface area (Å²) in [6.45, 7) is 1.67. The van der Waals surface area contributed by atoms with Gasteiger partial charge in [0.1, 0.15) is 6.61 Å². The number of para-hydroxylation sites is 2. The molecule has 0 saturated carbocycles. The number of amides is 1. The van der Waals surface area contributed by atoms with Crippen LogP contribution >= 0.6 is 0 Å². The third kappa shape index (κ3) is 4.11. The zero-order valence-electron chi connectivity index (χ0n) is 14.5. The van der Waals surface area contributed by atoms with Crippen LogP contribution in [0.5, 0.6) is 11.5 Å². The van der Waals surface area contributed by atoms with Crippen LogP contribution in [0.2, 0.25) is 0 Å². The molecule has 134 valence electrons. The fourth-order valence-electron chi connectivity index (χ4n) is 2.86.